The minimum Gasteiger partial charge on any atom is -0.364 e. The minimum atomic E-state index is -0.258. The molecule has 0 radical (unpaired) electrons. The summed E-state index contributed by atoms with van der Waals surface area (Å²) in [5.74, 6) is 0.384. The summed E-state index contributed by atoms with van der Waals surface area (Å²) in [7, 11) is 0. The molecule has 0 aliphatic rings. The Bertz CT molecular complexity index is 996. The molecule has 1 amide bonds. The van der Waals surface area contributed by atoms with Crippen molar-refractivity contribution in [1.82, 2.24) is 4.98 Å². The second-order valence-corrected chi connectivity index (χ2v) is 6.44. The van der Waals surface area contributed by atoms with Gasteiger partial charge in [-0.05, 0) is 55.0 Å². The highest BCUT2D eigenvalue weighted by molar-refractivity contribution is 6.30. The highest BCUT2D eigenvalue weighted by Gasteiger charge is 2.10. The van der Waals surface area contributed by atoms with E-state index < -0.39 is 0 Å². The van der Waals surface area contributed by atoms with Gasteiger partial charge in [0.05, 0.1) is 17.2 Å². The van der Waals surface area contributed by atoms with Gasteiger partial charge in [-0.25, -0.2) is 4.98 Å². The average molecular weight is 377 g/mol. The summed E-state index contributed by atoms with van der Waals surface area (Å²) >= 11 is 5.92. The van der Waals surface area contributed by atoms with E-state index in [2.05, 4.69) is 21.7 Å². The normalized spacial score (nSPS) is 11.3. The highest BCUT2D eigenvalue weighted by atomic mass is 35.5. The number of carbonyl (C=O) groups excluding carboxylic acids is 1. The molecule has 0 spiro atoms. The Kier molecular flexibility index (Phi) is 5.70. The Labute approximate surface area is 162 Å². The van der Waals surface area contributed by atoms with Crippen LogP contribution in [0.5, 0.6) is 0 Å². The molecule has 0 bridgehead atoms. The second kappa shape index (κ2) is 8.35. The smallest absolute Gasteiger partial charge is 0.257 e. The molecule has 5 nitrogen and oxygen atoms in total. The first-order valence-electron chi connectivity index (χ1n) is 8.35. The van der Waals surface area contributed by atoms with Gasteiger partial charge in [0.15, 0.2) is 0 Å². The maximum absolute atomic E-state index is 12.3. The number of nitrogens with zero attached hydrogens (tertiary/aromatic N) is 2. The summed E-state index contributed by atoms with van der Waals surface area (Å²) in [6, 6.07) is 19.9. The summed E-state index contributed by atoms with van der Waals surface area (Å²) in [6.45, 7) is 1.98. The van der Waals surface area contributed by atoms with Gasteiger partial charge < -0.3 is 10.6 Å². The number of pyridine rings is 1. The Hall–Kier alpha value is -3.36. The van der Waals surface area contributed by atoms with Crippen molar-refractivity contribution in [3.8, 4) is 6.07 Å². The van der Waals surface area contributed by atoms with Gasteiger partial charge in [0.2, 0.25) is 0 Å². The third kappa shape index (κ3) is 4.84. The van der Waals surface area contributed by atoms with Crippen LogP contribution in [-0.4, -0.2) is 10.9 Å². The van der Waals surface area contributed by atoms with Crippen LogP contribution in [0.2, 0.25) is 5.02 Å². The van der Waals surface area contributed by atoms with Crippen LogP contribution in [0, 0.1) is 11.3 Å². The first-order valence-corrected chi connectivity index (χ1v) is 8.72. The SMILES string of the molecule is CC(Nc1ccc(C(=O)Nc2cccc(Cl)c2)cn1)c1cccc(C#N)c1. The van der Waals surface area contributed by atoms with Crippen molar-refractivity contribution in [3.05, 3.63) is 88.6 Å². The van der Waals surface area contributed by atoms with Crippen LogP contribution in [0.4, 0.5) is 11.5 Å². The molecular formula is C21H17ClN4O. The first kappa shape index (κ1) is 18.4. The summed E-state index contributed by atoms with van der Waals surface area (Å²) in [4.78, 5) is 16.6. The lowest BCUT2D eigenvalue weighted by molar-refractivity contribution is 0.102. The summed E-state index contributed by atoms with van der Waals surface area (Å²) in [6.07, 6.45) is 1.51. The van der Waals surface area contributed by atoms with E-state index in [0.717, 1.165) is 5.56 Å². The molecule has 1 unspecified atom stereocenters. The number of benzene rings is 2. The molecule has 27 heavy (non-hydrogen) atoms. The molecule has 0 saturated carbocycles. The lowest BCUT2D eigenvalue weighted by Gasteiger charge is -2.15. The van der Waals surface area contributed by atoms with Crippen molar-refractivity contribution in [2.24, 2.45) is 0 Å². The quantitative estimate of drug-likeness (QED) is 0.654. The van der Waals surface area contributed by atoms with Crippen LogP contribution < -0.4 is 10.6 Å². The zero-order chi connectivity index (χ0) is 19.2. The molecular weight excluding hydrogens is 360 g/mol. The molecule has 2 aromatic carbocycles. The van der Waals surface area contributed by atoms with E-state index in [9.17, 15) is 4.79 Å². The molecule has 1 aromatic heterocycles. The van der Waals surface area contributed by atoms with Gasteiger partial charge in [-0.1, -0.05) is 29.8 Å². The largest absolute Gasteiger partial charge is 0.364 e. The van der Waals surface area contributed by atoms with E-state index in [4.69, 9.17) is 16.9 Å². The van der Waals surface area contributed by atoms with E-state index in [-0.39, 0.29) is 11.9 Å². The molecule has 3 rings (SSSR count). The van der Waals surface area contributed by atoms with Crippen molar-refractivity contribution in [1.29, 1.82) is 5.26 Å². The van der Waals surface area contributed by atoms with Crippen LogP contribution >= 0.6 is 11.6 Å². The van der Waals surface area contributed by atoms with Crippen molar-refractivity contribution in [3.63, 3.8) is 0 Å². The number of rotatable bonds is 5. The number of nitriles is 1. The Balaban J connectivity index is 1.66. The fraction of sp³-hybridized carbons (Fsp3) is 0.0952. The number of carbonyl (C=O) groups is 1. The maximum Gasteiger partial charge on any atom is 0.257 e. The van der Waals surface area contributed by atoms with E-state index in [1.54, 1.807) is 42.5 Å². The van der Waals surface area contributed by atoms with E-state index in [0.29, 0.717) is 27.7 Å². The molecule has 0 aliphatic carbocycles. The predicted octanol–water partition coefficient (Wildman–Crippen LogP) is 5.03. The van der Waals surface area contributed by atoms with Gasteiger partial charge in [-0.2, -0.15) is 5.26 Å². The zero-order valence-electron chi connectivity index (χ0n) is 14.6. The molecule has 134 valence electrons. The summed E-state index contributed by atoms with van der Waals surface area (Å²) in [5.41, 5.74) is 2.67. The average Bonchev–Trinajstić information content (AvgIpc) is 2.68. The van der Waals surface area contributed by atoms with Crippen LogP contribution in [0.25, 0.3) is 0 Å². The molecule has 3 aromatic rings. The molecule has 0 aliphatic heterocycles. The van der Waals surface area contributed by atoms with Crippen LogP contribution in [0.1, 0.15) is 34.5 Å². The van der Waals surface area contributed by atoms with Crippen molar-refractivity contribution in [2.75, 3.05) is 10.6 Å². The molecule has 1 atom stereocenters. The van der Waals surface area contributed by atoms with Crippen molar-refractivity contribution >= 4 is 29.0 Å². The fourth-order valence-corrected chi connectivity index (χ4v) is 2.76. The van der Waals surface area contributed by atoms with Crippen molar-refractivity contribution < 1.29 is 4.79 Å². The van der Waals surface area contributed by atoms with Gasteiger partial charge in [0, 0.05) is 22.9 Å². The lowest BCUT2D eigenvalue weighted by atomic mass is 10.1. The van der Waals surface area contributed by atoms with Crippen molar-refractivity contribution in [2.45, 2.75) is 13.0 Å². The van der Waals surface area contributed by atoms with Gasteiger partial charge in [0.25, 0.3) is 5.91 Å². The third-order valence-corrected chi connectivity index (χ3v) is 4.22. The Morgan fingerprint density at radius 2 is 1.96 bits per heavy atom. The number of aromatic nitrogens is 1. The molecule has 1 heterocycles. The van der Waals surface area contributed by atoms with Gasteiger partial charge in [0.1, 0.15) is 5.82 Å². The Morgan fingerprint density at radius 1 is 1.15 bits per heavy atom. The van der Waals surface area contributed by atoms with Gasteiger partial charge >= 0.3 is 0 Å². The lowest BCUT2D eigenvalue weighted by Crippen LogP contribution is -2.13. The number of amides is 1. The molecule has 2 N–H and O–H groups in total. The van der Waals surface area contributed by atoms with Crippen LogP contribution in [0.15, 0.2) is 66.9 Å². The Morgan fingerprint density at radius 3 is 2.67 bits per heavy atom. The van der Waals surface area contributed by atoms with Gasteiger partial charge in [-0.3, -0.25) is 4.79 Å². The summed E-state index contributed by atoms with van der Waals surface area (Å²) < 4.78 is 0. The first-order chi connectivity index (χ1) is 13.0. The highest BCUT2D eigenvalue weighted by Crippen LogP contribution is 2.20. The van der Waals surface area contributed by atoms with Crippen LogP contribution in [0.3, 0.4) is 0 Å². The zero-order valence-corrected chi connectivity index (χ0v) is 15.4. The number of hydrogen-bond donors (Lipinski definition) is 2. The van der Waals surface area contributed by atoms with E-state index in [1.807, 2.05) is 25.1 Å². The second-order valence-electron chi connectivity index (χ2n) is 6.00. The van der Waals surface area contributed by atoms with E-state index in [1.165, 1.54) is 6.20 Å². The third-order valence-electron chi connectivity index (χ3n) is 3.99. The topological polar surface area (TPSA) is 77.8 Å². The van der Waals surface area contributed by atoms with Crippen LogP contribution in [-0.2, 0) is 0 Å². The monoisotopic (exact) mass is 376 g/mol. The molecule has 0 saturated heterocycles. The number of halogens is 1. The number of anilines is 2. The summed E-state index contributed by atoms with van der Waals surface area (Å²) in [5, 5.41) is 15.6. The predicted molar refractivity (Wildman–Crippen MR) is 107 cm³/mol. The number of hydrogen-bond acceptors (Lipinski definition) is 4. The van der Waals surface area contributed by atoms with E-state index >= 15 is 0 Å². The maximum atomic E-state index is 12.3. The standard InChI is InChI=1S/C21H17ClN4O/c1-14(16-5-2-4-15(10-16)12-23)25-20-9-8-17(13-24-20)21(27)26-19-7-3-6-18(22)11-19/h2-11,13-14H,1H3,(H,24,25)(H,26,27). The fourth-order valence-electron chi connectivity index (χ4n) is 2.57. The minimum absolute atomic E-state index is 0.0306. The number of nitrogens with one attached hydrogen (secondary N) is 2. The molecule has 0 fully saturated rings. The molecule has 6 heteroatoms. The van der Waals surface area contributed by atoms with Gasteiger partial charge in [-0.15, -0.1) is 0 Å².